The number of allylic oxidation sites excluding steroid dienone is 1. The third-order valence-electron chi connectivity index (χ3n) is 2.15. The van der Waals surface area contributed by atoms with Crippen molar-refractivity contribution in [1.82, 2.24) is 15.0 Å². The number of carbonyl (C=O) groups is 1. The van der Waals surface area contributed by atoms with Gasteiger partial charge in [0.05, 0.1) is 23.8 Å². The number of nitrogens with zero attached hydrogens (tertiary/aromatic N) is 3. The molecule has 1 heterocycles. The molecule has 0 bridgehead atoms. The van der Waals surface area contributed by atoms with Gasteiger partial charge in [-0.15, -0.1) is 5.10 Å². The number of amides is 1. The molecule has 0 fully saturated rings. The van der Waals surface area contributed by atoms with E-state index in [1.165, 1.54) is 6.08 Å². The number of nitrogens with one attached hydrogen (secondary N) is 1. The van der Waals surface area contributed by atoms with Crippen LogP contribution in [-0.4, -0.2) is 20.9 Å². The third-order valence-corrected chi connectivity index (χ3v) is 2.15. The van der Waals surface area contributed by atoms with Crippen LogP contribution in [0.2, 0.25) is 0 Å². The molecule has 1 amide bonds. The summed E-state index contributed by atoms with van der Waals surface area (Å²) in [5, 5.41) is 10.4. The Morgan fingerprint density at radius 2 is 2.24 bits per heavy atom. The molecule has 86 valence electrons. The highest BCUT2D eigenvalue weighted by atomic mass is 16.1. The summed E-state index contributed by atoms with van der Waals surface area (Å²) in [5.74, 6) is -0.167. The molecule has 1 aromatic carbocycles. The highest BCUT2D eigenvalue weighted by Crippen LogP contribution is 2.18. The normalized spacial score (nSPS) is 10.6. The average molecular weight is 228 g/mol. The Labute approximate surface area is 98.8 Å². The lowest BCUT2D eigenvalue weighted by Gasteiger charge is -2.08. The lowest BCUT2D eigenvalue weighted by Crippen LogP contribution is -2.10. The van der Waals surface area contributed by atoms with Gasteiger partial charge in [-0.25, -0.2) is 4.68 Å². The summed E-state index contributed by atoms with van der Waals surface area (Å²) in [6, 6.07) is 7.41. The number of aromatic nitrogens is 3. The molecule has 5 heteroatoms. The van der Waals surface area contributed by atoms with Crippen LogP contribution in [0, 0.1) is 0 Å². The zero-order valence-corrected chi connectivity index (χ0v) is 9.37. The second-order valence-electron chi connectivity index (χ2n) is 3.35. The van der Waals surface area contributed by atoms with Crippen LogP contribution in [0.5, 0.6) is 0 Å². The maximum absolute atomic E-state index is 11.5. The van der Waals surface area contributed by atoms with Crippen LogP contribution in [0.15, 0.2) is 48.8 Å². The molecule has 0 saturated carbocycles. The van der Waals surface area contributed by atoms with Gasteiger partial charge >= 0.3 is 0 Å². The molecule has 1 N–H and O–H groups in total. The fourth-order valence-electron chi connectivity index (χ4n) is 1.44. The summed E-state index contributed by atoms with van der Waals surface area (Å²) in [5.41, 5.74) is 1.48. The summed E-state index contributed by atoms with van der Waals surface area (Å²) in [4.78, 5) is 11.5. The zero-order valence-electron chi connectivity index (χ0n) is 9.37. The minimum atomic E-state index is -0.167. The van der Waals surface area contributed by atoms with E-state index in [9.17, 15) is 4.79 Å². The van der Waals surface area contributed by atoms with Gasteiger partial charge < -0.3 is 5.32 Å². The van der Waals surface area contributed by atoms with E-state index in [0.29, 0.717) is 5.69 Å². The van der Waals surface area contributed by atoms with Gasteiger partial charge in [0.2, 0.25) is 5.91 Å². The number of benzene rings is 1. The second-order valence-corrected chi connectivity index (χ2v) is 3.35. The van der Waals surface area contributed by atoms with Gasteiger partial charge in [0.25, 0.3) is 0 Å². The number of anilines is 1. The SMILES string of the molecule is CC=CC(=O)Nc1ccccc1-n1ccnn1. The maximum Gasteiger partial charge on any atom is 0.248 e. The van der Waals surface area contributed by atoms with Gasteiger partial charge in [-0.2, -0.15) is 0 Å². The molecule has 17 heavy (non-hydrogen) atoms. The van der Waals surface area contributed by atoms with Gasteiger partial charge in [-0.3, -0.25) is 4.79 Å². The van der Waals surface area contributed by atoms with Crippen molar-refractivity contribution in [2.75, 3.05) is 5.32 Å². The Kier molecular flexibility index (Phi) is 3.30. The van der Waals surface area contributed by atoms with Crippen molar-refractivity contribution < 1.29 is 4.79 Å². The molecule has 0 spiro atoms. The van der Waals surface area contributed by atoms with Crippen molar-refractivity contribution in [1.29, 1.82) is 0 Å². The van der Waals surface area contributed by atoms with E-state index in [1.54, 1.807) is 30.1 Å². The van der Waals surface area contributed by atoms with Crippen molar-refractivity contribution in [2.45, 2.75) is 6.92 Å². The minimum absolute atomic E-state index is 0.167. The molecular formula is C12H12N4O. The maximum atomic E-state index is 11.5. The first-order chi connectivity index (χ1) is 8.31. The van der Waals surface area contributed by atoms with Crippen LogP contribution in [0.1, 0.15) is 6.92 Å². The molecule has 0 aliphatic rings. The minimum Gasteiger partial charge on any atom is -0.321 e. The Bertz CT molecular complexity index is 531. The van der Waals surface area contributed by atoms with Crippen LogP contribution < -0.4 is 5.32 Å². The van der Waals surface area contributed by atoms with Crippen LogP contribution in [-0.2, 0) is 4.79 Å². The molecule has 5 nitrogen and oxygen atoms in total. The second kappa shape index (κ2) is 5.07. The van der Waals surface area contributed by atoms with Crippen LogP contribution in [0.25, 0.3) is 5.69 Å². The standard InChI is InChI=1S/C12H12N4O/c1-2-5-12(17)14-10-6-3-4-7-11(10)16-9-8-13-15-16/h2-9H,1H3,(H,14,17). The summed E-state index contributed by atoms with van der Waals surface area (Å²) in [6.07, 6.45) is 6.47. The van der Waals surface area contributed by atoms with Crippen molar-refractivity contribution in [3.05, 3.63) is 48.8 Å². The highest BCUT2D eigenvalue weighted by Gasteiger charge is 2.06. The fraction of sp³-hybridized carbons (Fsp3) is 0.0833. The number of carbonyl (C=O) groups excluding carboxylic acids is 1. The molecule has 0 unspecified atom stereocenters. The third kappa shape index (κ3) is 2.57. The van der Waals surface area contributed by atoms with Crippen molar-refractivity contribution in [2.24, 2.45) is 0 Å². The number of hydrogen-bond acceptors (Lipinski definition) is 3. The molecule has 0 radical (unpaired) electrons. The predicted octanol–water partition coefficient (Wildman–Crippen LogP) is 1.78. The fourth-order valence-corrected chi connectivity index (χ4v) is 1.44. The monoisotopic (exact) mass is 228 g/mol. The van der Waals surface area contributed by atoms with E-state index in [4.69, 9.17) is 0 Å². The smallest absolute Gasteiger partial charge is 0.248 e. The first-order valence-electron chi connectivity index (χ1n) is 5.20. The largest absolute Gasteiger partial charge is 0.321 e. The average Bonchev–Trinajstić information content (AvgIpc) is 2.83. The summed E-state index contributed by atoms with van der Waals surface area (Å²) >= 11 is 0. The van der Waals surface area contributed by atoms with Crippen LogP contribution in [0.4, 0.5) is 5.69 Å². The van der Waals surface area contributed by atoms with Crippen LogP contribution in [0.3, 0.4) is 0 Å². The number of hydrogen-bond donors (Lipinski definition) is 1. The first-order valence-corrected chi connectivity index (χ1v) is 5.20. The Hall–Kier alpha value is -2.43. The van der Waals surface area contributed by atoms with E-state index in [0.717, 1.165) is 5.69 Å². The molecule has 0 aliphatic heterocycles. The van der Waals surface area contributed by atoms with E-state index in [2.05, 4.69) is 15.6 Å². The Morgan fingerprint density at radius 1 is 1.41 bits per heavy atom. The topological polar surface area (TPSA) is 59.8 Å². The van der Waals surface area contributed by atoms with Gasteiger partial charge in [0.1, 0.15) is 0 Å². The quantitative estimate of drug-likeness (QED) is 0.814. The molecular weight excluding hydrogens is 216 g/mol. The Balaban J connectivity index is 2.32. The predicted molar refractivity (Wildman–Crippen MR) is 64.8 cm³/mol. The van der Waals surface area contributed by atoms with Gasteiger partial charge in [0.15, 0.2) is 0 Å². The van der Waals surface area contributed by atoms with Crippen molar-refractivity contribution >= 4 is 11.6 Å². The lowest BCUT2D eigenvalue weighted by molar-refractivity contribution is -0.111. The van der Waals surface area contributed by atoms with Gasteiger partial charge in [0, 0.05) is 0 Å². The van der Waals surface area contributed by atoms with Gasteiger partial charge in [-0.05, 0) is 25.1 Å². The highest BCUT2D eigenvalue weighted by molar-refractivity contribution is 6.00. The first kappa shape index (κ1) is 11.1. The molecule has 0 atom stereocenters. The molecule has 2 aromatic rings. The summed E-state index contributed by atoms with van der Waals surface area (Å²) in [7, 11) is 0. The molecule has 0 aliphatic carbocycles. The molecule has 0 saturated heterocycles. The number of rotatable bonds is 3. The summed E-state index contributed by atoms with van der Waals surface area (Å²) < 4.78 is 1.60. The van der Waals surface area contributed by atoms with Gasteiger partial charge in [-0.1, -0.05) is 23.4 Å². The van der Waals surface area contributed by atoms with Crippen molar-refractivity contribution in [3.8, 4) is 5.69 Å². The molecule has 1 aromatic heterocycles. The summed E-state index contributed by atoms with van der Waals surface area (Å²) in [6.45, 7) is 1.79. The van der Waals surface area contributed by atoms with E-state index >= 15 is 0 Å². The van der Waals surface area contributed by atoms with E-state index < -0.39 is 0 Å². The van der Waals surface area contributed by atoms with E-state index in [1.807, 2.05) is 24.3 Å². The number of para-hydroxylation sites is 2. The Morgan fingerprint density at radius 3 is 2.94 bits per heavy atom. The van der Waals surface area contributed by atoms with E-state index in [-0.39, 0.29) is 5.91 Å². The zero-order chi connectivity index (χ0) is 12.1. The molecule has 2 rings (SSSR count). The van der Waals surface area contributed by atoms with Crippen molar-refractivity contribution in [3.63, 3.8) is 0 Å². The van der Waals surface area contributed by atoms with Crippen LogP contribution >= 0.6 is 0 Å². The lowest BCUT2D eigenvalue weighted by atomic mass is 10.2.